The zero-order chi connectivity index (χ0) is 19.0. The molecule has 2 aromatic carbocycles. The van der Waals surface area contributed by atoms with Gasteiger partial charge in [0.25, 0.3) is 0 Å². The maximum Gasteiger partial charge on any atom is 0.226 e. The van der Waals surface area contributed by atoms with Crippen molar-refractivity contribution in [3.05, 3.63) is 53.1 Å². The Balaban J connectivity index is 1.84. The predicted octanol–water partition coefficient (Wildman–Crippen LogP) is 3.78. The van der Waals surface area contributed by atoms with Gasteiger partial charge in [-0.05, 0) is 54.3 Å². The van der Waals surface area contributed by atoms with Gasteiger partial charge in [-0.3, -0.25) is 0 Å². The molecule has 1 atom stereocenters. The molecule has 27 heavy (non-hydrogen) atoms. The van der Waals surface area contributed by atoms with Crippen molar-refractivity contribution in [2.75, 3.05) is 45.3 Å². The summed E-state index contributed by atoms with van der Waals surface area (Å²) in [4.78, 5) is 6.87. The second-order valence-corrected chi connectivity index (χ2v) is 10.9. The molecular formula is C19H21ClN3O2PS. The Morgan fingerprint density at radius 1 is 1.11 bits per heavy atom. The molecule has 5 nitrogen and oxygen atoms in total. The maximum absolute atomic E-state index is 6.46. The standard InChI is InChI=1S/C19H21ClN3O2PS/c1-22(2)16-7-8-18-17(13-16)21-19(14-3-5-15(20)6-4-14)25-26(18,27)23-9-11-24-12-10-23/h3-8,13H,9-12H2,1-2H3. The number of benzene rings is 2. The first kappa shape index (κ1) is 18.9. The monoisotopic (exact) mass is 421 g/mol. The van der Waals surface area contributed by atoms with Crippen LogP contribution >= 0.6 is 18.0 Å². The van der Waals surface area contributed by atoms with Crippen LogP contribution in [0.15, 0.2) is 47.5 Å². The Hall–Kier alpha value is -1.43. The van der Waals surface area contributed by atoms with E-state index in [0.717, 1.165) is 35.3 Å². The normalized spacial score (nSPS) is 22.6. The number of hydrogen-bond acceptors (Lipinski definition) is 5. The quantitative estimate of drug-likeness (QED) is 0.705. The predicted molar refractivity (Wildman–Crippen MR) is 116 cm³/mol. The van der Waals surface area contributed by atoms with Crippen LogP contribution in [-0.2, 0) is 21.1 Å². The number of morpholine rings is 1. The van der Waals surface area contributed by atoms with Gasteiger partial charge >= 0.3 is 0 Å². The fourth-order valence-electron chi connectivity index (χ4n) is 3.15. The third kappa shape index (κ3) is 3.65. The molecule has 2 heterocycles. The van der Waals surface area contributed by atoms with E-state index in [1.54, 1.807) is 0 Å². The third-order valence-corrected chi connectivity index (χ3v) is 8.97. The van der Waals surface area contributed by atoms with Crippen molar-refractivity contribution in [2.45, 2.75) is 0 Å². The number of aliphatic imine (C=N–C) groups is 1. The Bertz CT molecular complexity index is 927. The van der Waals surface area contributed by atoms with Crippen LogP contribution in [0.25, 0.3) is 0 Å². The highest BCUT2D eigenvalue weighted by molar-refractivity contribution is 8.15. The fraction of sp³-hybridized carbons (Fsp3) is 0.316. The molecule has 1 fully saturated rings. The van der Waals surface area contributed by atoms with Crippen molar-refractivity contribution in [2.24, 2.45) is 4.99 Å². The average molecular weight is 422 g/mol. The molecular weight excluding hydrogens is 401 g/mol. The minimum Gasteiger partial charge on any atom is -0.431 e. The van der Waals surface area contributed by atoms with Gasteiger partial charge in [0.2, 0.25) is 12.3 Å². The lowest BCUT2D eigenvalue weighted by Gasteiger charge is -2.39. The van der Waals surface area contributed by atoms with Crippen LogP contribution in [0, 0.1) is 0 Å². The second kappa shape index (κ2) is 7.53. The maximum atomic E-state index is 6.46. The molecule has 0 spiro atoms. The first-order valence-corrected chi connectivity index (χ1v) is 11.8. The third-order valence-electron chi connectivity index (χ3n) is 4.66. The number of anilines is 1. The van der Waals surface area contributed by atoms with Crippen molar-refractivity contribution >= 4 is 52.4 Å². The lowest BCUT2D eigenvalue weighted by atomic mass is 10.2. The number of ether oxygens (including phenoxy) is 1. The lowest BCUT2D eigenvalue weighted by Crippen LogP contribution is -2.39. The van der Waals surface area contributed by atoms with Gasteiger partial charge in [-0.25, -0.2) is 9.66 Å². The summed E-state index contributed by atoms with van der Waals surface area (Å²) >= 11 is 12.2. The number of nitrogens with zero attached hydrogens (tertiary/aromatic N) is 3. The van der Waals surface area contributed by atoms with E-state index in [1.807, 2.05) is 38.4 Å². The SMILES string of the molecule is CN(C)c1ccc2c(c1)N=C(c1ccc(Cl)cc1)OP2(=S)N1CCOCC1. The van der Waals surface area contributed by atoms with Crippen molar-refractivity contribution in [3.63, 3.8) is 0 Å². The van der Waals surface area contributed by atoms with Crippen LogP contribution in [0.5, 0.6) is 0 Å². The summed E-state index contributed by atoms with van der Waals surface area (Å²) in [7, 11) is 4.03. The summed E-state index contributed by atoms with van der Waals surface area (Å²) < 4.78 is 14.2. The molecule has 0 N–H and O–H groups in total. The molecule has 0 saturated carbocycles. The van der Waals surface area contributed by atoms with Gasteiger partial charge in [0.05, 0.1) is 24.2 Å². The molecule has 142 valence electrons. The zero-order valence-electron chi connectivity index (χ0n) is 15.3. The van der Waals surface area contributed by atoms with Crippen molar-refractivity contribution < 1.29 is 9.26 Å². The van der Waals surface area contributed by atoms with Crippen molar-refractivity contribution in [3.8, 4) is 0 Å². The molecule has 2 aliphatic heterocycles. The highest BCUT2D eigenvalue weighted by Crippen LogP contribution is 2.55. The fourth-order valence-corrected chi connectivity index (χ4v) is 6.70. The van der Waals surface area contributed by atoms with E-state index >= 15 is 0 Å². The summed E-state index contributed by atoms with van der Waals surface area (Å²) in [6.45, 7) is 2.86. The van der Waals surface area contributed by atoms with Crippen LogP contribution in [0.1, 0.15) is 5.56 Å². The molecule has 0 radical (unpaired) electrons. The number of fused-ring (bicyclic) bond motifs is 1. The van der Waals surface area contributed by atoms with Gasteiger partial charge in [0.1, 0.15) is 0 Å². The van der Waals surface area contributed by atoms with E-state index in [4.69, 9.17) is 37.7 Å². The number of hydrogen-bond donors (Lipinski definition) is 0. The molecule has 0 aromatic heterocycles. The van der Waals surface area contributed by atoms with Crippen LogP contribution < -0.4 is 10.2 Å². The highest BCUT2D eigenvalue weighted by Gasteiger charge is 2.38. The topological polar surface area (TPSA) is 37.3 Å². The van der Waals surface area contributed by atoms with Gasteiger partial charge in [0, 0.05) is 43.5 Å². The zero-order valence-corrected chi connectivity index (χ0v) is 17.7. The average Bonchev–Trinajstić information content (AvgIpc) is 2.68. The second-order valence-electron chi connectivity index (χ2n) is 6.67. The highest BCUT2D eigenvalue weighted by atomic mass is 35.5. The van der Waals surface area contributed by atoms with E-state index in [9.17, 15) is 0 Å². The van der Waals surface area contributed by atoms with E-state index in [0.29, 0.717) is 24.1 Å². The van der Waals surface area contributed by atoms with Crippen LogP contribution in [0.2, 0.25) is 5.02 Å². The van der Waals surface area contributed by atoms with Gasteiger partial charge in [0.15, 0.2) is 0 Å². The van der Waals surface area contributed by atoms with Crippen LogP contribution in [0.4, 0.5) is 11.4 Å². The van der Waals surface area contributed by atoms with Crippen LogP contribution in [-0.4, -0.2) is 51.0 Å². The van der Waals surface area contributed by atoms with E-state index in [2.05, 4.69) is 27.8 Å². The van der Waals surface area contributed by atoms with Gasteiger partial charge in [-0.15, -0.1) is 0 Å². The molecule has 1 saturated heterocycles. The smallest absolute Gasteiger partial charge is 0.226 e. The lowest BCUT2D eigenvalue weighted by molar-refractivity contribution is 0.0723. The van der Waals surface area contributed by atoms with Crippen LogP contribution in [0.3, 0.4) is 0 Å². The van der Waals surface area contributed by atoms with Gasteiger partial charge < -0.3 is 14.2 Å². The summed E-state index contributed by atoms with van der Waals surface area (Å²) in [6, 6.07) is 13.7. The molecule has 0 amide bonds. The molecule has 4 rings (SSSR count). The Kier molecular flexibility index (Phi) is 5.28. The summed E-state index contributed by atoms with van der Waals surface area (Å²) in [5, 5.41) is 1.68. The van der Waals surface area contributed by atoms with Gasteiger partial charge in [-0.2, -0.15) is 0 Å². The van der Waals surface area contributed by atoms with Crippen molar-refractivity contribution in [1.82, 2.24) is 4.67 Å². The molecule has 2 aliphatic rings. The number of halogens is 1. The Labute approximate surface area is 169 Å². The van der Waals surface area contributed by atoms with Crippen molar-refractivity contribution in [1.29, 1.82) is 0 Å². The molecule has 0 aliphatic carbocycles. The summed E-state index contributed by atoms with van der Waals surface area (Å²) in [6.07, 6.45) is -2.46. The largest absolute Gasteiger partial charge is 0.431 e. The minimum atomic E-state index is -2.46. The minimum absolute atomic E-state index is 0.560. The number of rotatable bonds is 3. The van der Waals surface area contributed by atoms with E-state index in [1.165, 1.54) is 0 Å². The molecule has 0 bridgehead atoms. The molecule has 8 heteroatoms. The van der Waals surface area contributed by atoms with E-state index < -0.39 is 6.42 Å². The van der Waals surface area contributed by atoms with Gasteiger partial charge in [-0.1, -0.05) is 11.6 Å². The summed E-state index contributed by atoms with van der Waals surface area (Å²) in [5.41, 5.74) is 2.84. The molecule has 2 aromatic rings. The molecule has 1 unspecified atom stereocenters. The Morgan fingerprint density at radius 2 is 1.81 bits per heavy atom. The first-order valence-electron chi connectivity index (χ1n) is 8.77. The summed E-state index contributed by atoms with van der Waals surface area (Å²) in [5.74, 6) is 0.560. The Morgan fingerprint density at radius 3 is 2.48 bits per heavy atom. The van der Waals surface area contributed by atoms with E-state index in [-0.39, 0.29) is 0 Å². The first-order chi connectivity index (χ1) is 13.0.